The van der Waals surface area contributed by atoms with Crippen molar-refractivity contribution in [2.45, 2.75) is 66.0 Å². The number of halogens is 1. The molecule has 1 N–H and O–H groups in total. The molecule has 8 nitrogen and oxygen atoms in total. The molecule has 39 heavy (non-hydrogen) atoms. The molecule has 0 radical (unpaired) electrons. The smallest absolute Gasteiger partial charge is 0.281 e. The standard InChI is InChI=1S/C29H36FN3O5S.2H2/c1-8-25(29(5,6)7)38-28-23(27(34)33-39(35,36)26-11-9-10-19(4)31-26)12-13-24(32-28)20-14-21(30)16-22(15-20)37-17-18(2)3;;/h9-16,18,25H,8,17H2,1-7H3,(H,33,34);2*1H. The van der Waals surface area contributed by atoms with Crippen molar-refractivity contribution in [1.29, 1.82) is 0 Å². The van der Waals surface area contributed by atoms with Gasteiger partial charge in [0.25, 0.3) is 15.9 Å². The van der Waals surface area contributed by atoms with E-state index in [9.17, 15) is 17.6 Å². The van der Waals surface area contributed by atoms with Crippen molar-refractivity contribution in [3.63, 3.8) is 0 Å². The highest BCUT2D eigenvalue weighted by Crippen LogP contribution is 2.32. The number of hydrogen-bond donors (Lipinski definition) is 1. The Kier molecular flexibility index (Phi) is 9.32. The summed E-state index contributed by atoms with van der Waals surface area (Å²) in [5.41, 5.74) is 0.857. The molecule has 1 amide bonds. The third-order valence-corrected chi connectivity index (χ3v) is 7.04. The minimum absolute atomic E-state index is 0. The lowest BCUT2D eigenvalue weighted by Crippen LogP contribution is -2.34. The maximum Gasteiger partial charge on any atom is 0.281 e. The molecule has 0 spiro atoms. The first-order valence-electron chi connectivity index (χ1n) is 12.8. The fourth-order valence-corrected chi connectivity index (χ4v) is 4.81. The van der Waals surface area contributed by atoms with Gasteiger partial charge in [-0.15, -0.1) is 0 Å². The van der Waals surface area contributed by atoms with Crippen molar-refractivity contribution in [1.82, 2.24) is 14.7 Å². The fourth-order valence-electron chi connectivity index (χ4n) is 3.82. The Labute approximate surface area is 233 Å². The van der Waals surface area contributed by atoms with Crippen LogP contribution in [0.25, 0.3) is 11.3 Å². The summed E-state index contributed by atoms with van der Waals surface area (Å²) in [6, 6.07) is 11.7. The Hall–Kier alpha value is -3.53. The van der Waals surface area contributed by atoms with Crippen molar-refractivity contribution in [3.8, 4) is 22.9 Å². The molecule has 1 aromatic carbocycles. The summed E-state index contributed by atoms with van der Waals surface area (Å²) in [5.74, 6) is -0.885. The van der Waals surface area contributed by atoms with Gasteiger partial charge in [0.1, 0.15) is 23.2 Å². The quantitative estimate of drug-likeness (QED) is 0.303. The molecule has 3 rings (SSSR count). The molecule has 10 heteroatoms. The zero-order valence-corrected chi connectivity index (χ0v) is 24.2. The highest BCUT2D eigenvalue weighted by molar-refractivity contribution is 7.90. The number of sulfonamides is 1. The third kappa shape index (κ3) is 7.98. The van der Waals surface area contributed by atoms with Gasteiger partial charge >= 0.3 is 0 Å². The Balaban J connectivity index is 0.00000420. The number of amides is 1. The fraction of sp³-hybridized carbons (Fsp3) is 0.414. The SMILES string of the molecule is CCC(Oc1nc(-c2cc(F)cc(OCC(C)C)c2)ccc1C(=O)NS(=O)(=O)c1cccc(C)n1)C(C)(C)C.[HH].[HH]. The van der Waals surface area contributed by atoms with Crippen LogP contribution in [0.4, 0.5) is 4.39 Å². The van der Waals surface area contributed by atoms with Crippen LogP contribution in [0.2, 0.25) is 0 Å². The van der Waals surface area contributed by atoms with Gasteiger partial charge in [-0.2, -0.15) is 8.42 Å². The molecular formula is C29H40FN3O5S. The Bertz CT molecular complexity index is 1450. The van der Waals surface area contributed by atoms with Gasteiger partial charge in [0.2, 0.25) is 5.88 Å². The summed E-state index contributed by atoms with van der Waals surface area (Å²) >= 11 is 0. The van der Waals surface area contributed by atoms with Crippen LogP contribution in [0, 0.1) is 24.1 Å². The summed E-state index contributed by atoms with van der Waals surface area (Å²) in [5, 5.41) is -0.280. The lowest BCUT2D eigenvalue weighted by atomic mass is 9.87. The van der Waals surface area contributed by atoms with Crippen LogP contribution in [0.3, 0.4) is 0 Å². The monoisotopic (exact) mass is 561 g/mol. The largest absolute Gasteiger partial charge is 0.493 e. The maximum atomic E-state index is 14.5. The second kappa shape index (κ2) is 12.1. The third-order valence-electron chi connectivity index (χ3n) is 5.81. The van der Waals surface area contributed by atoms with Crippen LogP contribution in [0.5, 0.6) is 11.6 Å². The first-order valence-corrected chi connectivity index (χ1v) is 14.3. The summed E-state index contributed by atoms with van der Waals surface area (Å²) in [4.78, 5) is 21.8. The molecule has 0 aliphatic rings. The molecule has 2 aromatic heterocycles. The van der Waals surface area contributed by atoms with Gasteiger partial charge in [0.05, 0.1) is 12.3 Å². The molecule has 0 aliphatic carbocycles. The van der Waals surface area contributed by atoms with Gasteiger partial charge in [0.15, 0.2) is 5.03 Å². The average molecular weight is 562 g/mol. The number of carbonyl (C=O) groups is 1. The van der Waals surface area contributed by atoms with Crippen LogP contribution in [-0.2, 0) is 10.0 Å². The number of pyridine rings is 2. The lowest BCUT2D eigenvalue weighted by molar-refractivity contribution is 0.0757. The number of nitrogens with one attached hydrogen (secondary N) is 1. The Morgan fingerprint density at radius 3 is 2.44 bits per heavy atom. The van der Waals surface area contributed by atoms with E-state index in [1.54, 1.807) is 25.1 Å². The van der Waals surface area contributed by atoms with Gasteiger partial charge in [0, 0.05) is 20.2 Å². The van der Waals surface area contributed by atoms with Crippen molar-refractivity contribution < 1.29 is 29.9 Å². The van der Waals surface area contributed by atoms with Crippen LogP contribution in [0.1, 0.15) is 66.9 Å². The van der Waals surface area contributed by atoms with Crippen LogP contribution >= 0.6 is 0 Å². The zero-order chi connectivity index (χ0) is 29.0. The van der Waals surface area contributed by atoms with Crippen molar-refractivity contribution in [2.75, 3.05) is 6.61 Å². The van der Waals surface area contributed by atoms with Crippen molar-refractivity contribution >= 4 is 15.9 Å². The molecule has 214 valence electrons. The molecule has 3 aromatic rings. The average Bonchev–Trinajstić information content (AvgIpc) is 2.84. The second-order valence-electron chi connectivity index (χ2n) is 10.9. The first kappa shape index (κ1) is 30.0. The van der Waals surface area contributed by atoms with E-state index >= 15 is 0 Å². The Morgan fingerprint density at radius 2 is 1.82 bits per heavy atom. The number of aryl methyl sites for hydroxylation is 1. The normalized spacial score (nSPS) is 12.7. The minimum atomic E-state index is -4.26. The second-order valence-corrected chi connectivity index (χ2v) is 12.5. The minimum Gasteiger partial charge on any atom is -0.493 e. The number of carbonyl (C=O) groups excluding carboxylic acids is 1. The number of rotatable bonds is 10. The number of ether oxygens (including phenoxy) is 2. The van der Waals surface area contributed by atoms with Gasteiger partial charge in [-0.1, -0.05) is 47.6 Å². The van der Waals surface area contributed by atoms with E-state index in [0.717, 1.165) is 0 Å². The molecule has 1 atom stereocenters. The van der Waals surface area contributed by atoms with E-state index in [2.05, 4.69) is 14.7 Å². The first-order chi connectivity index (χ1) is 18.2. The van der Waals surface area contributed by atoms with E-state index < -0.39 is 21.7 Å². The van der Waals surface area contributed by atoms with E-state index in [4.69, 9.17) is 9.47 Å². The summed E-state index contributed by atoms with van der Waals surface area (Å²) in [6.07, 6.45) is 0.258. The van der Waals surface area contributed by atoms with E-state index in [0.29, 0.717) is 35.7 Å². The molecule has 0 bridgehead atoms. The molecule has 2 heterocycles. The van der Waals surface area contributed by atoms with Gasteiger partial charge in [-0.05, 0) is 61.1 Å². The number of aromatic nitrogens is 2. The predicted molar refractivity (Wildman–Crippen MR) is 152 cm³/mol. The lowest BCUT2D eigenvalue weighted by Gasteiger charge is -2.30. The van der Waals surface area contributed by atoms with Gasteiger partial charge < -0.3 is 9.47 Å². The highest BCUT2D eigenvalue weighted by Gasteiger charge is 2.29. The van der Waals surface area contributed by atoms with E-state index in [1.807, 2.05) is 41.5 Å². The molecule has 0 aliphatic heterocycles. The number of benzene rings is 1. The molecule has 1 unspecified atom stereocenters. The topological polar surface area (TPSA) is 107 Å². The van der Waals surface area contributed by atoms with Crippen molar-refractivity contribution in [2.24, 2.45) is 11.3 Å². The van der Waals surface area contributed by atoms with E-state index in [-0.39, 0.29) is 36.8 Å². The molecule has 0 fully saturated rings. The highest BCUT2D eigenvalue weighted by atomic mass is 32.2. The predicted octanol–water partition coefficient (Wildman–Crippen LogP) is 6.44. The zero-order valence-electron chi connectivity index (χ0n) is 23.4. The summed E-state index contributed by atoms with van der Waals surface area (Å²) in [7, 11) is -4.26. The van der Waals surface area contributed by atoms with E-state index in [1.165, 1.54) is 30.3 Å². The Morgan fingerprint density at radius 1 is 1.10 bits per heavy atom. The molecule has 0 saturated carbocycles. The van der Waals surface area contributed by atoms with Gasteiger partial charge in [-0.25, -0.2) is 19.1 Å². The van der Waals surface area contributed by atoms with Crippen LogP contribution < -0.4 is 14.2 Å². The van der Waals surface area contributed by atoms with Gasteiger partial charge in [-0.3, -0.25) is 4.79 Å². The molecular weight excluding hydrogens is 521 g/mol. The van der Waals surface area contributed by atoms with Crippen LogP contribution in [0.15, 0.2) is 53.6 Å². The number of nitrogens with zero attached hydrogens (tertiary/aromatic N) is 2. The summed E-state index contributed by atoms with van der Waals surface area (Å²) in [6.45, 7) is 14.0. The van der Waals surface area contributed by atoms with Crippen molar-refractivity contribution in [3.05, 3.63) is 65.6 Å². The molecule has 0 saturated heterocycles. The summed E-state index contributed by atoms with van der Waals surface area (Å²) < 4.78 is 54.2. The number of hydrogen-bond acceptors (Lipinski definition) is 7. The maximum absolute atomic E-state index is 14.5. The van der Waals surface area contributed by atoms with Crippen LogP contribution in [-0.4, -0.2) is 37.0 Å².